The second kappa shape index (κ2) is 9.31. The van der Waals surface area contributed by atoms with Gasteiger partial charge in [0.25, 0.3) is 5.91 Å². The molecule has 32 heavy (non-hydrogen) atoms. The summed E-state index contributed by atoms with van der Waals surface area (Å²) in [4.78, 5) is 21.4. The van der Waals surface area contributed by atoms with Crippen LogP contribution in [0.4, 0.5) is 5.69 Å². The SMILES string of the molecule is COc1ccccc1Oc1ccnc(-c2ccc(C(=O)Nc3ccc(C)c(C)c3)cc2)n1. The molecular formula is C26H23N3O3. The molecule has 0 bridgehead atoms. The first kappa shape index (κ1) is 21.1. The molecule has 0 atom stereocenters. The highest BCUT2D eigenvalue weighted by Gasteiger charge is 2.10. The Balaban J connectivity index is 1.49. The van der Waals surface area contributed by atoms with Gasteiger partial charge in [-0.3, -0.25) is 4.79 Å². The van der Waals surface area contributed by atoms with E-state index in [0.717, 1.165) is 16.8 Å². The molecule has 1 heterocycles. The van der Waals surface area contributed by atoms with Gasteiger partial charge in [-0.2, -0.15) is 4.98 Å². The second-order valence-corrected chi connectivity index (χ2v) is 7.30. The second-order valence-electron chi connectivity index (χ2n) is 7.30. The molecule has 6 nitrogen and oxygen atoms in total. The van der Waals surface area contributed by atoms with Crippen molar-refractivity contribution in [1.82, 2.24) is 9.97 Å². The van der Waals surface area contributed by atoms with Gasteiger partial charge in [0.15, 0.2) is 17.3 Å². The first-order chi connectivity index (χ1) is 15.5. The molecule has 160 valence electrons. The number of aromatic nitrogens is 2. The molecule has 3 aromatic carbocycles. The smallest absolute Gasteiger partial charge is 0.255 e. The fourth-order valence-corrected chi connectivity index (χ4v) is 3.15. The Labute approximate surface area is 186 Å². The van der Waals surface area contributed by atoms with Crippen LogP contribution in [0, 0.1) is 13.8 Å². The van der Waals surface area contributed by atoms with Gasteiger partial charge in [-0.25, -0.2) is 4.98 Å². The average Bonchev–Trinajstić information content (AvgIpc) is 2.82. The van der Waals surface area contributed by atoms with Crippen molar-refractivity contribution in [3.05, 3.63) is 95.7 Å². The molecular weight excluding hydrogens is 402 g/mol. The number of amides is 1. The predicted octanol–water partition coefficient (Wildman–Crippen LogP) is 5.81. The summed E-state index contributed by atoms with van der Waals surface area (Å²) in [5.74, 6) is 1.91. The van der Waals surface area contributed by atoms with Crippen LogP contribution in [0.25, 0.3) is 11.4 Å². The van der Waals surface area contributed by atoms with Gasteiger partial charge in [0, 0.05) is 29.1 Å². The molecule has 1 aromatic heterocycles. The normalized spacial score (nSPS) is 10.5. The molecule has 0 aliphatic heterocycles. The van der Waals surface area contributed by atoms with Crippen LogP contribution in [0.1, 0.15) is 21.5 Å². The van der Waals surface area contributed by atoms with Gasteiger partial charge < -0.3 is 14.8 Å². The predicted molar refractivity (Wildman–Crippen MR) is 124 cm³/mol. The van der Waals surface area contributed by atoms with Gasteiger partial charge in [0.05, 0.1) is 7.11 Å². The van der Waals surface area contributed by atoms with Crippen LogP contribution in [0.15, 0.2) is 79.0 Å². The van der Waals surface area contributed by atoms with E-state index in [1.165, 1.54) is 5.56 Å². The molecule has 0 saturated heterocycles. The average molecular weight is 425 g/mol. The topological polar surface area (TPSA) is 73.3 Å². The lowest BCUT2D eigenvalue weighted by Gasteiger charge is -2.10. The number of carbonyl (C=O) groups excluding carboxylic acids is 1. The Kier molecular flexibility index (Phi) is 6.12. The summed E-state index contributed by atoms with van der Waals surface area (Å²) in [7, 11) is 1.59. The van der Waals surface area contributed by atoms with Crippen LogP contribution in [0.3, 0.4) is 0 Å². The number of nitrogens with zero attached hydrogens (tertiary/aromatic N) is 2. The van der Waals surface area contributed by atoms with Gasteiger partial charge in [-0.05, 0) is 61.4 Å². The Hall–Kier alpha value is -4.19. The molecule has 0 fully saturated rings. The Morgan fingerprint density at radius 3 is 2.34 bits per heavy atom. The summed E-state index contributed by atoms with van der Waals surface area (Å²) in [6, 6.07) is 22.0. The molecule has 0 aliphatic carbocycles. The van der Waals surface area contributed by atoms with Crippen molar-refractivity contribution in [2.24, 2.45) is 0 Å². The van der Waals surface area contributed by atoms with E-state index < -0.39 is 0 Å². The van der Waals surface area contributed by atoms with E-state index in [9.17, 15) is 4.79 Å². The minimum Gasteiger partial charge on any atom is -0.493 e. The standard InChI is InChI=1S/C26H23N3O3/c1-17-8-13-21(16-18(17)2)28-26(30)20-11-9-19(10-12-20)25-27-15-14-24(29-25)32-23-7-5-4-6-22(23)31-3/h4-16H,1-3H3,(H,28,30). The van der Waals surface area contributed by atoms with Crippen LogP contribution >= 0.6 is 0 Å². The number of nitrogens with one attached hydrogen (secondary N) is 1. The molecule has 0 radical (unpaired) electrons. The number of anilines is 1. The number of ether oxygens (including phenoxy) is 2. The lowest BCUT2D eigenvalue weighted by atomic mass is 10.1. The molecule has 0 spiro atoms. The van der Waals surface area contributed by atoms with Crippen molar-refractivity contribution in [3.8, 4) is 28.8 Å². The van der Waals surface area contributed by atoms with Gasteiger partial charge >= 0.3 is 0 Å². The van der Waals surface area contributed by atoms with Crippen molar-refractivity contribution in [1.29, 1.82) is 0 Å². The third kappa shape index (κ3) is 4.75. The molecule has 1 N–H and O–H groups in total. The number of hydrogen-bond donors (Lipinski definition) is 1. The number of rotatable bonds is 6. The van der Waals surface area contributed by atoms with Crippen molar-refractivity contribution < 1.29 is 14.3 Å². The van der Waals surface area contributed by atoms with E-state index in [-0.39, 0.29) is 5.91 Å². The summed E-state index contributed by atoms with van der Waals surface area (Å²) < 4.78 is 11.2. The van der Waals surface area contributed by atoms with Crippen LogP contribution in [0.5, 0.6) is 17.4 Å². The lowest BCUT2D eigenvalue weighted by molar-refractivity contribution is 0.102. The highest BCUT2D eigenvalue weighted by atomic mass is 16.5. The summed E-state index contributed by atoms with van der Waals surface area (Å²) in [5.41, 5.74) is 4.41. The molecule has 4 aromatic rings. The number of aryl methyl sites for hydroxylation is 2. The summed E-state index contributed by atoms with van der Waals surface area (Å²) in [5, 5.41) is 2.93. The zero-order valence-corrected chi connectivity index (χ0v) is 18.1. The van der Waals surface area contributed by atoms with Crippen molar-refractivity contribution in [2.75, 3.05) is 12.4 Å². The van der Waals surface area contributed by atoms with Gasteiger partial charge in [0.2, 0.25) is 5.88 Å². The van der Waals surface area contributed by atoms with Crippen LogP contribution in [-0.4, -0.2) is 23.0 Å². The Morgan fingerprint density at radius 1 is 0.875 bits per heavy atom. The monoisotopic (exact) mass is 425 g/mol. The van der Waals surface area contributed by atoms with E-state index in [1.54, 1.807) is 31.5 Å². The van der Waals surface area contributed by atoms with Crippen LogP contribution in [0.2, 0.25) is 0 Å². The third-order valence-electron chi connectivity index (χ3n) is 5.08. The van der Waals surface area contributed by atoms with E-state index in [0.29, 0.717) is 28.8 Å². The van der Waals surface area contributed by atoms with Crippen molar-refractivity contribution in [3.63, 3.8) is 0 Å². The summed E-state index contributed by atoms with van der Waals surface area (Å²) >= 11 is 0. The number of benzene rings is 3. The van der Waals surface area contributed by atoms with E-state index in [1.807, 2.05) is 68.4 Å². The first-order valence-electron chi connectivity index (χ1n) is 10.2. The molecule has 0 unspecified atom stereocenters. The van der Waals surface area contributed by atoms with Crippen LogP contribution in [-0.2, 0) is 0 Å². The highest BCUT2D eigenvalue weighted by molar-refractivity contribution is 6.04. The van der Waals surface area contributed by atoms with Gasteiger partial charge in [-0.15, -0.1) is 0 Å². The molecule has 0 saturated carbocycles. The third-order valence-corrected chi connectivity index (χ3v) is 5.08. The molecule has 0 aliphatic rings. The molecule has 1 amide bonds. The Morgan fingerprint density at radius 2 is 1.62 bits per heavy atom. The fraction of sp³-hybridized carbons (Fsp3) is 0.115. The number of para-hydroxylation sites is 2. The summed E-state index contributed by atoms with van der Waals surface area (Å²) in [6.45, 7) is 4.06. The quantitative estimate of drug-likeness (QED) is 0.422. The maximum atomic E-state index is 12.6. The fourth-order valence-electron chi connectivity index (χ4n) is 3.15. The van der Waals surface area contributed by atoms with Gasteiger partial charge in [0.1, 0.15) is 0 Å². The zero-order valence-electron chi connectivity index (χ0n) is 18.1. The number of hydrogen-bond acceptors (Lipinski definition) is 5. The lowest BCUT2D eigenvalue weighted by Crippen LogP contribution is -2.12. The maximum Gasteiger partial charge on any atom is 0.255 e. The van der Waals surface area contributed by atoms with Crippen molar-refractivity contribution in [2.45, 2.75) is 13.8 Å². The minimum atomic E-state index is -0.172. The number of methoxy groups -OCH3 is 1. The van der Waals surface area contributed by atoms with Gasteiger partial charge in [-0.1, -0.05) is 30.3 Å². The van der Waals surface area contributed by atoms with E-state index in [4.69, 9.17) is 9.47 Å². The highest BCUT2D eigenvalue weighted by Crippen LogP contribution is 2.30. The van der Waals surface area contributed by atoms with E-state index >= 15 is 0 Å². The van der Waals surface area contributed by atoms with Crippen LogP contribution < -0.4 is 14.8 Å². The Bertz CT molecular complexity index is 1250. The maximum absolute atomic E-state index is 12.6. The number of carbonyl (C=O) groups is 1. The van der Waals surface area contributed by atoms with Crippen molar-refractivity contribution >= 4 is 11.6 Å². The van der Waals surface area contributed by atoms with E-state index in [2.05, 4.69) is 15.3 Å². The first-order valence-corrected chi connectivity index (χ1v) is 10.2. The minimum absolute atomic E-state index is 0.172. The molecule has 4 rings (SSSR count). The zero-order chi connectivity index (χ0) is 22.5. The molecule has 6 heteroatoms. The summed E-state index contributed by atoms with van der Waals surface area (Å²) in [6.07, 6.45) is 1.63. The largest absolute Gasteiger partial charge is 0.493 e.